The lowest BCUT2D eigenvalue weighted by molar-refractivity contribution is -0.122. The average molecular weight is 267 g/mol. The van der Waals surface area contributed by atoms with Crippen LogP contribution in [-0.4, -0.2) is 19.0 Å². The molecule has 18 heavy (non-hydrogen) atoms. The third-order valence-corrected chi connectivity index (χ3v) is 3.49. The monoisotopic (exact) mass is 266 g/mol. The van der Waals surface area contributed by atoms with Crippen LogP contribution in [0.25, 0.3) is 0 Å². The van der Waals surface area contributed by atoms with Crippen molar-refractivity contribution in [2.45, 2.75) is 26.3 Å². The number of hydrogen-bond acceptors (Lipinski definition) is 2. The topological polar surface area (TPSA) is 41.1 Å². The summed E-state index contributed by atoms with van der Waals surface area (Å²) >= 11 is 6.24. The first-order chi connectivity index (χ1) is 8.59. The molecule has 0 radical (unpaired) electrons. The SMILES string of the molecule is CC(C)CNC(=O)C1CNCc2cccc(Cl)c21. The van der Waals surface area contributed by atoms with Crippen LogP contribution in [0.5, 0.6) is 0 Å². The van der Waals surface area contributed by atoms with E-state index in [-0.39, 0.29) is 11.8 Å². The summed E-state index contributed by atoms with van der Waals surface area (Å²) < 4.78 is 0. The minimum Gasteiger partial charge on any atom is -0.355 e. The predicted octanol–water partition coefficient (Wildman–Crippen LogP) is 2.30. The number of hydrogen-bond donors (Lipinski definition) is 2. The van der Waals surface area contributed by atoms with Crippen LogP contribution in [0.1, 0.15) is 30.9 Å². The highest BCUT2D eigenvalue weighted by Crippen LogP contribution is 2.30. The van der Waals surface area contributed by atoms with Gasteiger partial charge in [-0.2, -0.15) is 0 Å². The van der Waals surface area contributed by atoms with Gasteiger partial charge in [0.25, 0.3) is 0 Å². The van der Waals surface area contributed by atoms with Gasteiger partial charge in [0, 0.05) is 24.7 Å². The lowest BCUT2D eigenvalue weighted by Gasteiger charge is -2.26. The van der Waals surface area contributed by atoms with Crippen LogP contribution < -0.4 is 10.6 Å². The Morgan fingerprint density at radius 1 is 1.56 bits per heavy atom. The molecule has 0 fully saturated rings. The van der Waals surface area contributed by atoms with E-state index in [2.05, 4.69) is 24.5 Å². The number of carbonyl (C=O) groups is 1. The summed E-state index contributed by atoms with van der Waals surface area (Å²) in [5.74, 6) is 0.336. The van der Waals surface area contributed by atoms with Gasteiger partial charge in [-0.15, -0.1) is 0 Å². The van der Waals surface area contributed by atoms with Crippen LogP contribution in [0, 0.1) is 5.92 Å². The van der Waals surface area contributed by atoms with Gasteiger partial charge in [-0.05, 0) is 23.1 Å². The summed E-state index contributed by atoms with van der Waals surface area (Å²) in [5.41, 5.74) is 2.11. The molecule has 4 heteroatoms. The van der Waals surface area contributed by atoms with Gasteiger partial charge >= 0.3 is 0 Å². The first kappa shape index (κ1) is 13.4. The van der Waals surface area contributed by atoms with Crippen molar-refractivity contribution >= 4 is 17.5 Å². The van der Waals surface area contributed by atoms with E-state index in [1.807, 2.05) is 18.2 Å². The van der Waals surface area contributed by atoms with Gasteiger partial charge in [0.2, 0.25) is 5.91 Å². The molecule has 0 saturated carbocycles. The van der Waals surface area contributed by atoms with Crippen LogP contribution in [-0.2, 0) is 11.3 Å². The summed E-state index contributed by atoms with van der Waals surface area (Å²) in [6.45, 7) is 6.31. The lowest BCUT2D eigenvalue weighted by Crippen LogP contribution is -2.40. The van der Waals surface area contributed by atoms with E-state index < -0.39 is 0 Å². The predicted molar refractivity (Wildman–Crippen MR) is 73.7 cm³/mol. The van der Waals surface area contributed by atoms with Crippen molar-refractivity contribution in [1.82, 2.24) is 10.6 Å². The zero-order valence-corrected chi connectivity index (χ0v) is 11.6. The molecule has 1 aliphatic heterocycles. The second-order valence-electron chi connectivity index (χ2n) is 5.14. The Kier molecular flexibility index (Phi) is 4.25. The van der Waals surface area contributed by atoms with Crippen LogP contribution in [0.3, 0.4) is 0 Å². The number of rotatable bonds is 3. The number of benzene rings is 1. The summed E-state index contributed by atoms with van der Waals surface area (Å²) in [7, 11) is 0. The Balaban J connectivity index is 2.19. The number of halogens is 1. The number of nitrogens with one attached hydrogen (secondary N) is 2. The van der Waals surface area contributed by atoms with Gasteiger partial charge in [-0.25, -0.2) is 0 Å². The van der Waals surface area contributed by atoms with Crippen molar-refractivity contribution in [2.75, 3.05) is 13.1 Å². The van der Waals surface area contributed by atoms with Crippen LogP contribution >= 0.6 is 11.6 Å². The molecule has 1 unspecified atom stereocenters. The highest BCUT2D eigenvalue weighted by Gasteiger charge is 2.28. The quantitative estimate of drug-likeness (QED) is 0.881. The Morgan fingerprint density at radius 3 is 3.06 bits per heavy atom. The van der Waals surface area contributed by atoms with Crippen molar-refractivity contribution in [3.63, 3.8) is 0 Å². The second kappa shape index (κ2) is 5.72. The average Bonchev–Trinajstić information content (AvgIpc) is 2.35. The van der Waals surface area contributed by atoms with Crippen molar-refractivity contribution in [2.24, 2.45) is 5.92 Å². The molecule has 2 N–H and O–H groups in total. The van der Waals surface area contributed by atoms with Crippen molar-refractivity contribution in [3.05, 3.63) is 34.3 Å². The second-order valence-corrected chi connectivity index (χ2v) is 5.54. The van der Waals surface area contributed by atoms with E-state index in [9.17, 15) is 4.79 Å². The first-order valence-electron chi connectivity index (χ1n) is 6.35. The number of amides is 1. The molecule has 1 aromatic rings. The minimum absolute atomic E-state index is 0.0604. The third kappa shape index (κ3) is 2.85. The number of carbonyl (C=O) groups excluding carboxylic acids is 1. The van der Waals surface area contributed by atoms with E-state index in [1.165, 1.54) is 0 Å². The lowest BCUT2D eigenvalue weighted by atomic mass is 9.90. The first-order valence-corrected chi connectivity index (χ1v) is 6.73. The van der Waals surface area contributed by atoms with Gasteiger partial charge in [0.15, 0.2) is 0 Å². The molecule has 0 bridgehead atoms. The molecule has 0 spiro atoms. The normalized spacial score (nSPS) is 18.6. The van der Waals surface area contributed by atoms with Gasteiger partial charge < -0.3 is 10.6 Å². The summed E-state index contributed by atoms with van der Waals surface area (Å²) in [4.78, 5) is 12.2. The maximum absolute atomic E-state index is 12.2. The van der Waals surface area contributed by atoms with Gasteiger partial charge in [0.1, 0.15) is 0 Å². The van der Waals surface area contributed by atoms with E-state index in [4.69, 9.17) is 11.6 Å². The third-order valence-electron chi connectivity index (χ3n) is 3.16. The molecule has 0 saturated heterocycles. The zero-order chi connectivity index (χ0) is 13.1. The highest BCUT2D eigenvalue weighted by molar-refractivity contribution is 6.31. The minimum atomic E-state index is -0.179. The van der Waals surface area contributed by atoms with Gasteiger partial charge in [-0.3, -0.25) is 4.79 Å². The van der Waals surface area contributed by atoms with Crippen molar-refractivity contribution < 1.29 is 4.79 Å². The molecule has 2 rings (SSSR count). The molecule has 0 aliphatic carbocycles. The van der Waals surface area contributed by atoms with Crippen molar-refractivity contribution in [1.29, 1.82) is 0 Å². The molecule has 1 heterocycles. The molecular formula is C14H19ClN2O. The zero-order valence-electron chi connectivity index (χ0n) is 10.8. The molecule has 1 atom stereocenters. The highest BCUT2D eigenvalue weighted by atomic mass is 35.5. The summed E-state index contributed by atoms with van der Waals surface area (Å²) in [6, 6.07) is 5.81. The Morgan fingerprint density at radius 2 is 2.33 bits per heavy atom. The Hall–Kier alpha value is -1.06. The maximum Gasteiger partial charge on any atom is 0.228 e. The number of fused-ring (bicyclic) bond motifs is 1. The van der Waals surface area contributed by atoms with E-state index in [1.54, 1.807) is 0 Å². The van der Waals surface area contributed by atoms with E-state index in [0.717, 1.165) is 17.7 Å². The Bertz CT molecular complexity index is 445. The molecule has 1 aromatic carbocycles. The fourth-order valence-electron chi connectivity index (χ4n) is 2.23. The van der Waals surface area contributed by atoms with Crippen molar-refractivity contribution in [3.8, 4) is 0 Å². The summed E-state index contributed by atoms with van der Waals surface area (Å²) in [6.07, 6.45) is 0. The van der Waals surface area contributed by atoms with E-state index in [0.29, 0.717) is 24.0 Å². The molecular weight excluding hydrogens is 248 g/mol. The summed E-state index contributed by atoms with van der Waals surface area (Å²) in [5, 5.41) is 6.94. The van der Waals surface area contributed by atoms with Gasteiger partial charge in [-0.1, -0.05) is 37.6 Å². The fourth-order valence-corrected chi connectivity index (χ4v) is 2.56. The van der Waals surface area contributed by atoms with Crippen LogP contribution in [0.4, 0.5) is 0 Å². The molecule has 3 nitrogen and oxygen atoms in total. The fraction of sp³-hybridized carbons (Fsp3) is 0.500. The molecule has 1 aliphatic rings. The van der Waals surface area contributed by atoms with Crippen LogP contribution in [0.15, 0.2) is 18.2 Å². The van der Waals surface area contributed by atoms with Crippen LogP contribution in [0.2, 0.25) is 5.02 Å². The van der Waals surface area contributed by atoms with Gasteiger partial charge in [0.05, 0.1) is 5.92 Å². The standard InChI is InChI=1S/C14H19ClN2O/c1-9(2)6-17-14(18)11-8-16-7-10-4-3-5-12(15)13(10)11/h3-5,9,11,16H,6-8H2,1-2H3,(H,17,18). The van der Waals surface area contributed by atoms with E-state index >= 15 is 0 Å². The smallest absolute Gasteiger partial charge is 0.228 e. The molecule has 1 amide bonds. The Labute approximate surface area is 113 Å². The largest absolute Gasteiger partial charge is 0.355 e. The molecule has 98 valence electrons. The maximum atomic E-state index is 12.2. The molecule has 0 aromatic heterocycles.